The summed E-state index contributed by atoms with van der Waals surface area (Å²) < 4.78 is 0. The molecule has 30 heavy (non-hydrogen) atoms. The van der Waals surface area contributed by atoms with Crippen molar-refractivity contribution in [1.29, 1.82) is 0 Å². The molecule has 0 aromatic heterocycles. The number of anilines is 2. The molecule has 0 radical (unpaired) electrons. The minimum atomic E-state index is -0.462. The number of benzene rings is 3. The van der Waals surface area contributed by atoms with E-state index in [1.54, 1.807) is 35.2 Å². The highest BCUT2D eigenvalue weighted by molar-refractivity contribution is 5.70. The number of nitro benzene ring substituents is 1. The Morgan fingerprint density at radius 2 is 1.30 bits per heavy atom. The lowest BCUT2D eigenvalue weighted by Gasteiger charge is -2.26. The predicted octanol–water partition coefficient (Wildman–Crippen LogP) is 4.67. The first-order chi connectivity index (χ1) is 14.0. The standard InChI is InChI=1S/C15H16O2.C8H11N3O2/c1-15(2,11-3-7-13(16)8-4-11)12-5-9-14(17)10-6-12;1-10(2)8-4-3-6(11(12)13)5-7(8)9/h3-10,16-17H,1-2H3;3-5H,9H2,1-2H3. The van der Waals surface area contributed by atoms with Gasteiger partial charge in [-0.3, -0.25) is 10.1 Å². The average molecular weight is 409 g/mol. The molecule has 158 valence electrons. The van der Waals surface area contributed by atoms with Crippen LogP contribution >= 0.6 is 0 Å². The number of nitrogens with two attached hydrogens (primary N) is 1. The van der Waals surface area contributed by atoms with E-state index in [-0.39, 0.29) is 22.6 Å². The summed E-state index contributed by atoms with van der Waals surface area (Å²) in [6.45, 7) is 4.23. The first-order valence-corrected chi connectivity index (χ1v) is 9.32. The van der Waals surface area contributed by atoms with Crippen molar-refractivity contribution in [3.8, 4) is 11.5 Å². The van der Waals surface area contributed by atoms with Gasteiger partial charge in [0.15, 0.2) is 0 Å². The monoisotopic (exact) mass is 409 g/mol. The molecule has 0 aliphatic heterocycles. The Balaban J connectivity index is 0.000000222. The van der Waals surface area contributed by atoms with Crippen LogP contribution in [0.1, 0.15) is 25.0 Å². The number of nitrogens with zero attached hydrogens (tertiary/aromatic N) is 2. The molecule has 3 aromatic rings. The molecule has 0 aliphatic carbocycles. The lowest BCUT2D eigenvalue weighted by Crippen LogP contribution is -2.18. The van der Waals surface area contributed by atoms with E-state index in [1.165, 1.54) is 12.1 Å². The maximum absolute atomic E-state index is 10.4. The van der Waals surface area contributed by atoms with E-state index >= 15 is 0 Å². The molecule has 0 spiro atoms. The lowest BCUT2D eigenvalue weighted by molar-refractivity contribution is -0.384. The zero-order valence-electron chi connectivity index (χ0n) is 17.5. The summed E-state index contributed by atoms with van der Waals surface area (Å²) in [7, 11) is 3.66. The summed E-state index contributed by atoms with van der Waals surface area (Å²) in [6, 6.07) is 18.9. The van der Waals surface area contributed by atoms with Gasteiger partial charge in [-0.15, -0.1) is 0 Å². The largest absolute Gasteiger partial charge is 0.508 e. The number of hydrogen-bond acceptors (Lipinski definition) is 6. The fraction of sp³-hybridized carbons (Fsp3) is 0.217. The fourth-order valence-corrected chi connectivity index (χ4v) is 2.99. The van der Waals surface area contributed by atoms with Crippen molar-refractivity contribution in [1.82, 2.24) is 0 Å². The van der Waals surface area contributed by atoms with Crippen molar-refractivity contribution in [2.75, 3.05) is 24.7 Å². The second-order valence-electron chi connectivity index (χ2n) is 7.61. The third-order valence-corrected chi connectivity index (χ3v) is 4.88. The summed E-state index contributed by atoms with van der Waals surface area (Å²) in [5.74, 6) is 0.547. The van der Waals surface area contributed by atoms with Crippen LogP contribution in [0.15, 0.2) is 66.7 Å². The smallest absolute Gasteiger partial charge is 0.271 e. The van der Waals surface area contributed by atoms with Crippen molar-refractivity contribution in [2.45, 2.75) is 19.3 Å². The van der Waals surface area contributed by atoms with Crippen LogP contribution in [0.3, 0.4) is 0 Å². The van der Waals surface area contributed by atoms with Gasteiger partial charge in [-0.25, -0.2) is 0 Å². The number of phenols is 2. The van der Waals surface area contributed by atoms with E-state index in [4.69, 9.17) is 5.73 Å². The Kier molecular flexibility index (Phi) is 6.89. The van der Waals surface area contributed by atoms with Crippen LogP contribution in [0.2, 0.25) is 0 Å². The lowest BCUT2D eigenvalue weighted by atomic mass is 9.78. The van der Waals surface area contributed by atoms with Gasteiger partial charge in [-0.2, -0.15) is 0 Å². The van der Waals surface area contributed by atoms with Crippen LogP contribution < -0.4 is 10.6 Å². The topological polar surface area (TPSA) is 113 Å². The van der Waals surface area contributed by atoms with E-state index in [0.717, 1.165) is 16.8 Å². The Bertz CT molecular complexity index is 950. The summed E-state index contributed by atoms with van der Waals surface area (Å²) in [5, 5.41) is 29.0. The predicted molar refractivity (Wildman–Crippen MR) is 120 cm³/mol. The molecule has 0 saturated carbocycles. The van der Waals surface area contributed by atoms with E-state index < -0.39 is 4.92 Å². The number of nitrogen functional groups attached to an aromatic ring is 1. The maximum Gasteiger partial charge on any atom is 0.271 e. The van der Waals surface area contributed by atoms with Crippen LogP contribution in [0, 0.1) is 10.1 Å². The molecule has 0 amide bonds. The van der Waals surface area contributed by atoms with Crippen LogP contribution in [0.25, 0.3) is 0 Å². The molecular weight excluding hydrogens is 382 g/mol. The van der Waals surface area contributed by atoms with Crippen molar-refractivity contribution in [3.05, 3.63) is 88.0 Å². The summed E-state index contributed by atoms with van der Waals surface area (Å²) in [5.41, 5.74) is 8.93. The minimum Gasteiger partial charge on any atom is -0.508 e. The van der Waals surface area contributed by atoms with Crippen LogP contribution in [0.4, 0.5) is 17.1 Å². The second kappa shape index (κ2) is 9.17. The van der Waals surface area contributed by atoms with Gasteiger partial charge in [0, 0.05) is 31.6 Å². The van der Waals surface area contributed by atoms with Crippen molar-refractivity contribution >= 4 is 17.1 Å². The van der Waals surface area contributed by atoms with Gasteiger partial charge in [-0.05, 0) is 41.5 Å². The fourth-order valence-electron chi connectivity index (χ4n) is 2.99. The average Bonchev–Trinajstić information content (AvgIpc) is 2.68. The van der Waals surface area contributed by atoms with Gasteiger partial charge in [-0.1, -0.05) is 38.1 Å². The highest BCUT2D eigenvalue weighted by Crippen LogP contribution is 2.33. The summed E-state index contributed by atoms with van der Waals surface area (Å²) in [6.07, 6.45) is 0. The Labute approximate surface area is 176 Å². The normalized spacial score (nSPS) is 10.7. The molecule has 0 saturated heterocycles. The molecule has 0 heterocycles. The molecule has 0 atom stereocenters. The number of rotatable bonds is 4. The number of hydrogen-bond donors (Lipinski definition) is 3. The van der Waals surface area contributed by atoms with Gasteiger partial charge in [0.2, 0.25) is 0 Å². The number of phenolic OH excluding ortho intramolecular Hbond substituents is 2. The van der Waals surface area contributed by atoms with Gasteiger partial charge >= 0.3 is 0 Å². The Morgan fingerprint density at radius 1 is 0.867 bits per heavy atom. The van der Waals surface area contributed by atoms with E-state index in [2.05, 4.69) is 13.8 Å². The van der Waals surface area contributed by atoms with Crippen molar-refractivity contribution in [2.24, 2.45) is 0 Å². The molecule has 3 aromatic carbocycles. The van der Waals surface area contributed by atoms with Gasteiger partial charge in [0.1, 0.15) is 11.5 Å². The van der Waals surface area contributed by atoms with Crippen LogP contribution in [-0.4, -0.2) is 29.2 Å². The SMILES string of the molecule is CC(C)(c1ccc(O)cc1)c1ccc(O)cc1.CN(C)c1ccc([N+](=O)[O-])cc1N. The number of non-ortho nitro benzene ring substituents is 1. The third kappa shape index (κ3) is 5.41. The molecule has 3 rings (SSSR count). The molecular formula is C23H27N3O4. The van der Waals surface area contributed by atoms with Gasteiger partial charge in [0.25, 0.3) is 5.69 Å². The van der Waals surface area contributed by atoms with E-state index in [9.17, 15) is 20.3 Å². The molecule has 0 bridgehead atoms. The number of aromatic hydroxyl groups is 2. The summed E-state index contributed by atoms with van der Waals surface area (Å²) in [4.78, 5) is 11.7. The Morgan fingerprint density at radius 3 is 1.63 bits per heavy atom. The van der Waals surface area contributed by atoms with Crippen molar-refractivity contribution < 1.29 is 15.1 Å². The zero-order chi connectivity index (χ0) is 22.5. The van der Waals surface area contributed by atoms with Gasteiger partial charge < -0.3 is 20.8 Å². The molecule has 0 fully saturated rings. The third-order valence-electron chi connectivity index (χ3n) is 4.88. The zero-order valence-corrected chi connectivity index (χ0v) is 17.5. The first-order valence-electron chi connectivity index (χ1n) is 9.32. The van der Waals surface area contributed by atoms with Gasteiger partial charge in [0.05, 0.1) is 16.3 Å². The quantitative estimate of drug-likeness (QED) is 0.328. The van der Waals surface area contributed by atoms with Crippen molar-refractivity contribution in [3.63, 3.8) is 0 Å². The molecule has 4 N–H and O–H groups in total. The molecule has 0 unspecified atom stereocenters. The van der Waals surface area contributed by atoms with Crippen LogP contribution in [0.5, 0.6) is 11.5 Å². The highest BCUT2D eigenvalue weighted by Gasteiger charge is 2.22. The summed E-state index contributed by atoms with van der Waals surface area (Å²) >= 11 is 0. The minimum absolute atomic E-state index is 0.0168. The highest BCUT2D eigenvalue weighted by atomic mass is 16.6. The Hall–Kier alpha value is -3.74. The van der Waals surface area contributed by atoms with E-state index in [1.807, 2.05) is 38.4 Å². The molecule has 7 heteroatoms. The molecule has 0 aliphatic rings. The van der Waals surface area contributed by atoms with E-state index in [0.29, 0.717) is 5.69 Å². The first kappa shape index (κ1) is 22.5. The number of nitro groups is 1. The second-order valence-corrected chi connectivity index (χ2v) is 7.61. The molecule has 7 nitrogen and oxygen atoms in total. The maximum atomic E-state index is 10.4. The van der Waals surface area contributed by atoms with Crippen LogP contribution in [-0.2, 0) is 5.41 Å².